The van der Waals surface area contributed by atoms with Crippen LogP contribution in [0.5, 0.6) is 0 Å². The number of primary sulfonamides is 1. The zero-order chi connectivity index (χ0) is 16.4. The lowest BCUT2D eigenvalue weighted by atomic mass is 10.3. The number of thioether (sulfide) groups is 1. The quantitative estimate of drug-likeness (QED) is 0.682. The molecule has 7 nitrogen and oxygen atoms in total. The predicted octanol–water partition coefficient (Wildman–Crippen LogP) is 1.69. The molecule has 3 rings (SSSR count). The average Bonchev–Trinajstić information content (AvgIpc) is 3.12. The summed E-state index contributed by atoms with van der Waals surface area (Å²) in [6.45, 7) is 3.58. The summed E-state index contributed by atoms with van der Waals surface area (Å²) in [5, 5.41) is 10.2. The summed E-state index contributed by atoms with van der Waals surface area (Å²) in [6.07, 6.45) is 3.67. The fourth-order valence-electron chi connectivity index (χ4n) is 2.34. The first kappa shape index (κ1) is 16.0. The Bertz CT molecular complexity index is 916. The van der Waals surface area contributed by atoms with Gasteiger partial charge >= 0.3 is 0 Å². The first-order valence-corrected chi connectivity index (χ1v) is 9.65. The first-order chi connectivity index (χ1) is 11.0. The van der Waals surface area contributed by atoms with Crippen LogP contribution in [0, 0.1) is 0 Å². The van der Waals surface area contributed by atoms with E-state index in [0.717, 1.165) is 29.5 Å². The van der Waals surface area contributed by atoms with Crippen molar-refractivity contribution in [1.29, 1.82) is 0 Å². The number of fused-ring (bicyclic) bond motifs is 1. The first-order valence-electron chi connectivity index (χ1n) is 7.12. The molecule has 122 valence electrons. The molecule has 0 amide bonds. The Balaban J connectivity index is 1.87. The molecule has 23 heavy (non-hydrogen) atoms. The highest BCUT2D eigenvalue weighted by molar-refractivity contribution is 7.99. The zero-order valence-corrected chi connectivity index (χ0v) is 14.2. The van der Waals surface area contributed by atoms with Crippen LogP contribution >= 0.6 is 11.8 Å². The average molecular weight is 351 g/mol. The molecule has 1 aromatic carbocycles. The molecule has 0 aliphatic carbocycles. The normalized spacial score (nSPS) is 12.1. The number of sulfonamides is 1. The van der Waals surface area contributed by atoms with Gasteiger partial charge in [-0.1, -0.05) is 11.8 Å². The van der Waals surface area contributed by atoms with Crippen LogP contribution in [0.1, 0.15) is 6.92 Å². The van der Waals surface area contributed by atoms with E-state index in [-0.39, 0.29) is 4.90 Å². The molecule has 0 saturated heterocycles. The summed E-state index contributed by atoms with van der Waals surface area (Å²) in [5.41, 5.74) is 1.54. The van der Waals surface area contributed by atoms with Gasteiger partial charge in [0.2, 0.25) is 10.0 Å². The van der Waals surface area contributed by atoms with Crippen molar-refractivity contribution >= 4 is 32.8 Å². The third-order valence-electron chi connectivity index (χ3n) is 3.44. The van der Waals surface area contributed by atoms with Gasteiger partial charge in [-0.05, 0) is 31.2 Å². The van der Waals surface area contributed by atoms with Gasteiger partial charge in [0.1, 0.15) is 0 Å². The lowest BCUT2D eigenvalue weighted by Gasteiger charge is -2.06. The Morgan fingerprint density at radius 3 is 2.83 bits per heavy atom. The number of nitrogens with two attached hydrogens (primary N) is 1. The molecule has 0 bridgehead atoms. The van der Waals surface area contributed by atoms with Crippen molar-refractivity contribution in [2.24, 2.45) is 5.14 Å². The van der Waals surface area contributed by atoms with Gasteiger partial charge in [-0.3, -0.25) is 4.68 Å². The lowest BCUT2D eigenvalue weighted by Crippen LogP contribution is -2.11. The molecule has 2 aromatic heterocycles. The van der Waals surface area contributed by atoms with Gasteiger partial charge in [0, 0.05) is 24.7 Å². The standard InChI is InChI=1S/C14H17N5O2S2/c1-2-19-13-5-4-11(23(15,20)21)10-12(13)17-14(19)22-9-8-18-7-3-6-16-18/h3-7,10H,2,8-9H2,1H3,(H2,15,20,21). The molecule has 0 aliphatic rings. The van der Waals surface area contributed by atoms with Gasteiger partial charge in [-0.25, -0.2) is 18.5 Å². The third kappa shape index (κ3) is 3.41. The smallest absolute Gasteiger partial charge is 0.238 e. The molecule has 0 saturated carbocycles. The summed E-state index contributed by atoms with van der Waals surface area (Å²) in [6, 6.07) is 6.68. The minimum absolute atomic E-state index is 0.0823. The number of benzene rings is 1. The van der Waals surface area contributed by atoms with Crippen LogP contribution < -0.4 is 5.14 Å². The lowest BCUT2D eigenvalue weighted by molar-refractivity contribution is 0.598. The monoisotopic (exact) mass is 351 g/mol. The summed E-state index contributed by atoms with van der Waals surface area (Å²) in [5.74, 6) is 0.826. The number of nitrogens with zero attached hydrogens (tertiary/aromatic N) is 4. The predicted molar refractivity (Wildman–Crippen MR) is 89.7 cm³/mol. The van der Waals surface area contributed by atoms with Crippen molar-refractivity contribution < 1.29 is 8.42 Å². The fourth-order valence-corrected chi connectivity index (χ4v) is 3.88. The van der Waals surface area contributed by atoms with Crippen LogP contribution in [-0.4, -0.2) is 33.5 Å². The van der Waals surface area contributed by atoms with Gasteiger partial charge in [0.15, 0.2) is 5.16 Å². The molecule has 0 unspecified atom stereocenters. The highest BCUT2D eigenvalue weighted by Gasteiger charge is 2.14. The largest absolute Gasteiger partial charge is 0.319 e. The van der Waals surface area contributed by atoms with E-state index >= 15 is 0 Å². The Morgan fingerprint density at radius 2 is 2.17 bits per heavy atom. The second-order valence-corrected chi connectivity index (χ2v) is 7.58. The minimum atomic E-state index is -3.72. The number of imidazole rings is 1. The van der Waals surface area contributed by atoms with Crippen LogP contribution in [-0.2, 0) is 23.1 Å². The van der Waals surface area contributed by atoms with Crippen molar-refractivity contribution in [2.75, 3.05) is 5.75 Å². The number of aryl methyl sites for hydroxylation is 2. The van der Waals surface area contributed by atoms with Crippen LogP contribution in [0.25, 0.3) is 11.0 Å². The molecular weight excluding hydrogens is 334 g/mol. The highest BCUT2D eigenvalue weighted by atomic mass is 32.2. The maximum atomic E-state index is 11.5. The molecule has 2 N–H and O–H groups in total. The summed E-state index contributed by atoms with van der Waals surface area (Å²) in [7, 11) is -3.72. The van der Waals surface area contributed by atoms with E-state index in [4.69, 9.17) is 5.14 Å². The third-order valence-corrected chi connectivity index (χ3v) is 5.31. The minimum Gasteiger partial charge on any atom is -0.319 e. The van der Waals surface area contributed by atoms with Crippen molar-refractivity contribution in [3.8, 4) is 0 Å². The number of rotatable bonds is 6. The summed E-state index contributed by atoms with van der Waals surface area (Å²) < 4.78 is 26.9. The molecule has 3 aromatic rings. The van der Waals surface area contributed by atoms with Gasteiger partial charge in [-0.2, -0.15) is 5.10 Å². The Hall–Kier alpha value is -1.84. The van der Waals surface area contributed by atoms with Gasteiger partial charge < -0.3 is 4.57 Å². The Labute approximate surface area is 138 Å². The van der Waals surface area contributed by atoms with E-state index in [1.807, 2.05) is 23.9 Å². The summed E-state index contributed by atoms with van der Waals surface area (Å²) >= 11 is 1.62. The van der Waals surface area contributed by atoms with Gasteiger partial charge in [-0.15, -0.1) is 0 Å². The van der Waals surface area contributed by atoms with Crippen molar-refractivity contribution in [1.82, 2.24) is 19.3 Å². The number of hydrogen-bond donors (Lipinski definition) is 1. The van der Waals surface area contributed by atoms with E-state index in [0.29, 0.717) is 5.52 Å². The van der Waals surface area contributed by atoms with Crippen LogP contribution in [0.15, 0.2) is 46.7 Å². The van der Waals surface area contributed by atoms with Crippen LogP contribution in [0.3, 0.4) is 0 Å². The summed E-state index contributed by atoms with van der Waals surface area (Å²) in [4.78, 5) is 4.64. The maximum Gasteiger partial charge on any atom is 0.238 e. The molecule has 9 heteroatoms. The molecule has 2 heterocycles. The van der Waals surface area contributed by atoms with E-state index in [1.165, 1.54) is 12.1 Å². The Morgan fingerprint density at radius 1 is 1.35 bits per heavy atom. The SMILES string of the molecule is CCn1c(SCCn2cccn2)nc2cc(S(N)(=O)=O)ccc21. The van der Waals surface area contributed by atoms with E-state index < -0.39 is 10.0 Å². The van der Waals surface area contributed by atoms with Crippen molar-refractivity contribution in [3.05, 3.63) is 36.7 Å². The molecule has 0 fully saturated rings. The van der Waals surface area contributed by atoms with E-state index in [9.17, 15) is 8.42 Å². The second kappa shape index (κ2) is 6.34. The van der Waals surface area contributed by atoms with Gasteiger partial charge in [0.25, 0.3) is 0 Å². The van der Waals surface area contributed by atoms with E-state index in [2.05, 4.69) is 14.6 Å². The maximum absolute atomic E-state index is 11.5. The van der Waals surface area contributed by atoms with E-state index in [1.54, 1.807) is 24.0 Å². The molecule has 0 spiro atoms. The molecule has 0 atom stereocenters. The van der Waals surface area contributed by atoms with Crippen molar-refractivity contribution in [2.45, 2.75) is 30.1 Å². The molecule has 0 aliphatic heterocycles. The topological polar surface area (TPSA) is 95.8 Å². The fraction of sp³-hybridized carbons (Fsp3) is 0.286. The molecular formula is C14H17N5O2S2. The number of hydrogen-bond acceptors (Lipinski definition) is 5. The highest BCUT2D eigenvalue weighted by Crippen LogP contribution is 2.26. The second-order valence-electron chi connectivity index (χ2n) is 4.95. The van der Waals surface area contributed by atoms with Crippen molar-refractivity contribution in [3.63, 3.8) is 0 Å². The van der Waals surface area contributed by atoms with Crippen LogP contribution in [0.4, 0.5) is 0 Å². The zero-order valence-electron chi connectivity index (χ0n) is 12.6. The van der Waals surface area contributed by atoms with Gasteiger partial charge in [0.05, 0.1) is 22.5 Å². The Kier molecular flexibility index (Phi) is 4.42. The van der Waals surface area contributed by atoms with Crippen LogP contribution in [0.2, 0.25) is 0 Å². The number of aromatic nitrogens is 4. The molecule has 0 radical (unpaired) electrons.